The van der Waals surface area contributed by atoms with E-state index < -0.39 is 0 Å². The molecule has 4 rings (SSSR count). The molecular weight excluding hydrogens is 300 g/mol. The van der Waals surface area contributed by atoms with Gasteiger partial charge in [0.25, 0.3) is 0 Å². The standard InChI is InChI=1S/C11H10O2.C10H8O/c1-13-11-5-3-8-6-10(12)4-2-9(8)7-11;11-10-7-3-5-8-4-1-2-6-9(8)10/h2-7,12H,1H3;1-7,11H. The van der Waals surface area contributed by atoms with Gasteiger partial charge in [-0.15, -0.1) is 0 Å². The molecule has 2 N–H and O–H groups in total. The Hall–Kier alpha value is -3.20. The van der Waals surface area contributed by atoms with Gasteiger partial charge in [0.2, 0.25) is 0 Å². The van der Waals surface area contributed by atoms with Crippen LogP contribution in [0.2, 0.25) is 0 Å². The Balaban J connectivity index is 0.000000143. The highest BCUT2D eigenvalue weighted by Crippen LogP contribution is 2.24. The van der Waals surface area contributed by atoms with Gasteiger partial charge in [0.1, 0.15) is 17.2 Å². The van der Waals surface area contributed by atoms with Crippen LogP contribution in [0.25, 0.3) is 21.5 Å². The summed E-state index contributed by atoms with van der Waals surface area (Å²) in [5.74, 6) is 1.47. The van der Waals surface area contributed by atoms with E-state index in [0.29, 0.717) is 5.75 Å². The monoisotopic (exact) mass is 318 g/mol. The second kappa shape index (κ2) is 6.92. The average Bonchev–Trinajstić information content (AvgIpc) is 2.62. The Morgan fingerprint density at radius 1 is 0.667 bits per heavy atom. The van der Waals surface area contributed by atoms with Gasteiger partial charge in [-0.2, -0.15) is 0 Å². The summed E-state index contributed by atoms with van der Waals surface area (Å²) in [5, 5.41) is 22.7. The lowest BCUT2D eigenvalue weighted by molar-refractivity contribution is 0.415. The molecule has 0 spiro atoms. The molecular formula is C21H18O3. The van der Waals surface area contributed by atoms with Crippen molar-refractivity contribution in [2.75, 3.05) is 7.11 Å². The molecule has 0 aromatic heterocycles. The molecule has 0 saturated heterocycles. The van der Waals surface area contributed by atoms with Gasteiger partial charge in [0, 0.05) is 5.39 Å². The van der Waals surface area contributed by atoms with Crippen molar-refractivity contribution in [2.45, 2.75) is 0 Å². The van der Waals surface area contributed by atoms with Crippen LogP contribution in [0, 0.1) is 0 Å². The molecule has 0 saturated carbocycles. The molecule has 0 fully saturated rings. The van der Waals surface area contributed by atoms with E-state index in [2.05, 4.69) is 0 Å². The summed E-state index contributed by atoms with van der Waals surface area (Å²) in [6.45, 7) is 0. The van der Waals surface area contributed by atoms with E-state index in [0.717, 1.165) is 27.3 Å². The summed E-state index contributed by atoms with van der Waals surface area (Å²) < 4.78 is 5.09. The third kappa shape index (κ3) is 3.41. The lowest BCUT2D eigenvalue weighted by Crippen LogP contribution is -1.81. The second-order valence-corrected chi connectivity index (χ2v) is 5.40. The molecule has 0 heterocycles. The highest BCUT2D eigenvalue weighted by molar-refractivity contribution is 5.87. The maximum absolute atomic E-state index is 9.37. The molecule has 0 amide bonds. The molecule has 4 aromatic carbocycles. The van der Waals surface area contributed by atoms with Crippen LogP contribution in [-0.2, 0) is 0 Å². The fourth-order valence-electron chi connectivity index (χ4n) is 2.55. The van der Waals surface area contributed by atoms with Gasteiger partial charge >= 0.3 is 0 Å². The van der Waals surface area contributed by atoms with Crippen molar-refractivity contribution < 1.29 is 14.9 Å². The van der Waals surface area contributed by atoms with Crippen LogP contribution in [0.1, 0.15) is 0 Å². The van der Waals surface area contributed by atoms with Gasteiger partial charge in [-0.05, 0) is 46.5 Å². The summed E-state index contributed by atoms with van der Waals surface area (Å²) in [4.78, 5) is 0. The van der Waals surface area contributed by atoms with E-state index in [1.54, 1.807) is 25.3 Å². The molecule has 3 nitrogen and oxygen atoms in total. The van der Waals surface area contributed by atoms with Gasteiger partial charge in [-0.3, -0.25) is 0 Å². The van der Waals surface area contributed by atoms with Crippen molar-refractivity contribution in [3.63, 3.8) is 0 Å². The van der Waals surface area contributed by atoms with E-state index in [9.17, 15) is 10.2 Å². The first-order chi connectivity index (χ1) is 11.7. The van der Waals surface area contributed by atoms with Crippen molar-refractivity contribution in [1.29, 1.82) is 0 Å². The highest BCUT2D eigenvalue weighted by Gasteiger charge is 1.97. The van der Waals surface area contributed by atoms with E-state index in [1.807, 2.05) is 60.7 Å². The number of hydrogen-bond acceptors (Lipinski definition) is 3. The molecule has 0 aliphatic heterocycles. The molecule has 0 aliphatic carbocycles. The molecule has 0 aliphatic rings. The zero-order valence-electron chi connectivity index (χ0n) is 13.3. The molecule has 24 heavy (non-hydrogen) atoms. The molecule has 0 radical (unpaired) electrons. The summed E-state index contributed by atoms with van der Waals surface area (Å²) in [6, 6.07) is 24.3. The SMILES string of the molecule is COc1ccc2cc(O)ccc2c1.Oc1cccc2ccccc12. The number of methoxy groups -OCH3 is 1. The molecule has 0 unspecified atom stereocenters. The smallest absolute Gasteiger partial charge is 0.123 e. The number of fused-ring (bicyclic) bond motifs is 2. The maximum Gasteiger partial charge on any atom is 0.123 e. The Morgan fingerprint density at radius 2 is 1.38 bits per heavy atom. The summed E-state index contributed by atoms with van der Waals surface area (Å²) in [7, 11) is 1.64. The number of benzene rings is 4. The lowest BCUT2D eigenvalue weighted by atomic mass is 10.1. The van der Waals surface area contributed by atoms with Crippen molar-refractivity contribution in [1.82, 2.24) is 0 Å². The van der Waals surface area contributed by atoms with Gasteiger partial charge in [-0.25, -0.2) is 0 Å². The Kier molecular flexibility index (Phi) is 4.52. The first-order valence-electron chi connectivity index (χ1n) is 7.61. The van der Waals surface area contributed by atoms with E-state index >= 15 is 0 Å². The minimum Gasteiger partial charge on any atom is -0.508 e. The topological polar surface area (TPSA) is 49.7 Å². The quantitative estimate of drug-likeness (QED) is 0.513. The fourth-order valence-corrected chi connectivity index (χ4v) is 2.55. The number of aromatic hydroxyl groups is 2. The largest absolute Gasteiger partial charge is 0.508 e. The van der Waals surface area contributed by atoms with Crippen molar-refractivity contribution in [3.8, 4) is 17.2 Å². The molecule has 3 heteroatoms. The van der Waals surface area contributed by atoms with Crippen LogP contribution in [0.5, 0.6) is 17.2 Å². The van der Waals surface area contributed by atoms with Crippen molar-refractivity contribution >= 4 is 21.5 Å². The third-order valence-corrected chi connectivity index (χ3v) is 3.80. The third-order valence-electron chi connectivity index (χ3n) is 3.80. The zero-order valence-corrected chi connectivity index (χ0v) is 13.3. The highest BCUT2D eigenvalue weighted by atomic mass is 16.5. The van der Waals surface area contributed by atoms with E-state index in [4.69, 9.17) is 4.74 Å². The number of phenols is 2. The van der Waals surface area contributed by atoms with Gasteiger partial charge < -0.3 is 14.9 Å². The fraction of sp³-hybridized carbons (Fsp3) is 0.0476. The summed E-state index contributed by atoms with van der Waals surface area (Å²) in [6.07, 6.45) is 0. The van der Waals surface area contributed by atoms with Gasteiger partial charge in [0.15, 0.2) is 0 Å². The minimum absolute atomic E-state index is 0.290. The normalized spacial score (nSPS) is 10.2. The lowest BCUT2D eigenvalue weighted by Gasteiger charge is -2.02. The number of hydrogen-bond donors (Lipinski definition) is 2. The van der Waals surface area contributed by atoms with E-state index in [1.165, 1.54) is 0 Å². The van der Waals surface area contributed by atoms with Crippen LogP contribution in [0.3, 0.4) is 0 Å². The molecule has 0 atom stereocenters. The molecule has 120 valence electrons. The Labute approximate surface area is 140 Å². The second-order valence-electron chi connectivity index (χ2n) is 5.40. The predicted molar refractivity (Wildman–Crippen MR) is 97.8 cm³/mol. The van der Waals surface area contributed by atoms with Crippen LogP contribution in [0.15, 0.2) is 78.9 Å². The zero-order chi connectivity index (χ0) is 16.9. The molecule has 0 bridgehead atoms. The van der Waals surface area contributed by atoms with Crippen molar-refractivity contribution in [2.24, 2.45) is 0 Å². The molecule has 4 aromatic rings. The Morgan fingerprint density at radius 3 is 2.17 bits per heavy atom. The van der Waals surface area contributed by atoms with E-state index in [-0.39, 0.29) is 5.75 Å². The van der Waals surface area contributed by atoms with Crippen LogP contribution < -0.4 is 4.74 Å². The first-order valence-corrected chi connectivity index (χ1v) is 7.61. The summed E-state index contributed by atoms with van der Waals surface area (Å²) >= 11 is 0. The van der Waals surface area contributed by atoms with Crippen LogP contribution in [-0.4, -0.2) is 17.3 Å². The predicted octanol–water partition coefficient (Wildman–Crippen LogP) is 5.10. The van der Waals surface area contributed by atoms with Gasteiger partial charge in [0.05, 0.1) is 7.11 Å². The van der Waals surface area contributed by atoms with Crippen LogP contribution >= 0.6 is 0 Å². The average molecular weight is 318 g/mol. The first kappa shape index (κ1) is 15.7. The Bertz CT molecular complexity index is 971. The number of rotatable bonds is 1. The van der Waals surface area contributed by atoms with Crippen molar-refractivity contribution in [3.05, 3.63) is 78.9 Å². The summed E-state index contributed by atoms with van der Waals surface area (Å²) in [5.41, 5.74) is 0. The van der Waals surface area contributed by atoms with Crippen LogP contribution in [0.4, 0.5) is 0 Å². The van der Waals surface area contributed by atoms with Gasteiger partial charge in [-0.1, -0.05) is 48.5 Å². The minimum atomic E-state index is 0.290. The number of ether oxygens (including phenoxy) is 1. The maximum atomic E-state index is 9.37. The number of phenolic OH excluding ortho intramolecular Hbond substituents is 2.